The van der Waals surface area contributed by atoms with Gasteiger partial charge in [-0.25, -0.2) is 4.98 Å². The molecular formula is C23H25ClN4O3. The Hall–Kier alpha value is -3.19. The van der Waals surface area contributed by atoms with Crippen LogP contribution in [0.2, 0.25) is 5.02 Å². The van der Waals surface area contributed by atoms with Gasteiger partial charge in [0.2, 0.25) is 11.9 Å². The van der Waals surface area contributed by atoms with Gasteiger partial charge >= 0.3 is 0 Å². The number of nitrogens with zero attached hydrogens (tertiary/aromatic N) is 3. The normalized spacial score (nSPS) is 14.8. The smallest absolute Gasteiger partial charge is 0.246 e. The standard InChI is InChI=1S/C23H25ClN4O3/c1-30-20-15-16(14-17(24)22(20)31-2)8-9-21(29)27-10-5-11-28(13-12-27)23-25-18-6-3-4-7-19(18)26-23/h3-4,6-9,14-15H,5,10-13H2,1-2H3,(H,25,26)/b9-8+. The van der Waals surface area contributed by atoms with Crippen LogP contribution in [0.4, 0.5) is 5.95 Å². The third-order valence-electron chi connectivity index (χ3n) is 5.36. The van der Waals surface area contributed by atoms with Gasteiger partial charge in [0.05, 0.1) is 30.3 Å². The maximum absolute atomic E-state index is 12.8. The molecule has 1 fully saturated rings. The van der Waals surface area contributed by atoms with Gasteiger partial charge in [-0.2, -0.15) is 0 Å². The predicted molar refractivity (Wildman–Crippen MR) is 123 cm³/mol. The Bertz CT molecular complexity index is 1080. The van der Waals surface area contributed by atoms with Crippen molar-refractivity contribution in [3.05, 3.63) is 53.1 Å². The lowest BCUT2D eigenvalue weighted by Crippen LogP contribution is -2.34. The Balaban J connectivity index is 1.42. The van der Waals surface area contributed by atoms with Crippen LogP contribution < -0.4 is 14.4 Å². The zero-order valence-electron chi connectivity index (χ0n) is 17.6. The number of rotatable bonds is 5. The number of benzene rings is 2. The number of aromatic nitrogens is 2. The summed E-state index contributed by atoms with van der Waals surface area (Å²) in [5, 5.41) is 0.435. The van der Waals surface area contributed by atoms with Crippen LogP contribution in [0.15, 0.2) is 42.5 Å². The van der Waals surface area contributed by atoms with E-state index in [4.69, 9.17) is 21.1 Å². The number of anilines is 1. The molecular weight excluding hydrogens is 416 g/mol. The molecule has 2 heterocycles. The van der Waals surface area contributed by atoms with Crippen LogP contribution in [0.25, 0.3) is 17.1 Å². The monoisotopic (exact) mass is 440 g/mol. The molecule has 1 aliphatic rings. The molecule has 1 amide bonds. The molecule has 162 valence electrons. The molecule has 0 aliphatic carbocycles. The average molecular weight is 441 g/mol. The van der Waals surface area contributed by atoms with Gasteiger partial charge in [0, 0.05) is 32.3 Å². The van der Waals surface area contributed by atoms with Crippen molar-refractivity contribution in [2.24, 2.45) is 0 Å². The van der Waals surface area contributed by atoms with E-state index in [1.807, 2.05) is 29.2 Å². The first-order valence-electron chi connectivity index (χ1n) is 10.2. The lowest BCUT2D eigenvalue weighted by molar-refractivity contribution is -0.125. The Morgan fingerprint density at radius 2 is 1.97 bits per heavy atom. The number of halogens is 1. The molecule has 0 radical (unpaired) electrons. The number of nitrogens with one attached hydrogen (secondary N) is 1. The van der Waals surface area contributed by atoms with E-state index < -0.39 is 0 Å². The van der Waals surface area contributed by atoms with Crippen LogP contribution in [0.3, 0.4) is 0 Å². The zero-order chi connectivity index (χ0) is 21.8. The number of aromatic amines is 1. The van der Waals surface area contributed by atoms with Gasteiger partial charge in [0.1, 0.15) is 0 Å². The molecule has 4 rings (SSSR count). The number of ether oxygens (including phenoxy) is 2. The number of fused-ring (bicyclic) bond motifs is 1. The summed E-state index contributed by atoms with van der Waals surface area (Å²) in [5.74, 6) is 1.83. The van der Waals surface area contributed by atoms with E-state index in [-0.39, 0.29) is 5.91 Å². The molecule has 0 saturated carbocycles. The van der Waals surface area contributed by atoms with Crippen molar-refractivity contribution < 1.29 is 14.3 Å². The summed E-state index contributed by atoms with van der Waals surface area (Å²) in [6.07, 6.45) is 4.20. The number of amides is 1. The number of hydrogen-bond donors (Lipinski definition) is 1. The van der Waals surface area contributed by atoms with Gasteiger partial charge in [0.25, 0.3) is 0 Å². The Morgan fingerprint density at radius 1 is 1.13 bits per heavy atom. The molecule has 7 nitrogen and oxygen atoms in total. The summed E-state index contributed by atoms with van der Waals surface area (Å²) < 4.78 is 10.6. The van der Waals surface area contributed by atoms with Crippen molar-refractivity contribution in [2.75, 3.05) is 45.3 Å². The molecule has 1 saturated heterocycles. The highest BCUT2D eigenvalue weighted by Crippen LogP contribution is 2.36. The summed E-state index contributed by atoms with van der Waals surface area (Å²) in [6.45, 7) is 2.90. The number of carbonyl (C=O) groups excluding carboxylic acids is 1. The lowest BCUT2D eigenvalue weighted by Gasteiger charge is -2.20. The van der Waals surface area contributed by atoms with Crippen LogP contribution in [-0.2, 0) is 4.79 Å². The molecule has 31 heavy (non-hydrogen) atoms. The second-order valence-corrected chi connectivity index (χ2v) is 7.72. The average Bonchev–Trinajstić information content (AvgIpc) is 3.06. The quantitative estimate of drug-likeness (QED) is 0.607. The summed E-state index contributed by atoms with van der Waals surface area (Å²) in [4.78, 5) is 24.9. The molecule has 0 unspecified atom stereocenters. The van der Waals surface area contributed by atoms with Crippen LogP contribution in [-0.4, -0.2) is 61.2 Å². The van der Waals surface area contributed by atoms with E-state index in [0.717, 1.165) is 42.1 Å². The summed E-state index contributed by atoms with van der Waals surface area (Å²) in [5.41, 5.74) is 2.74. The fourth-order valence-electron chi connectivity index (χ4n) is 3.75. The lowest BCUT2D eigenvalue weighted by atomic mass is 10.2. The molecule has 1 aliphatic heterocycles. The maximum atomic E-state index is 12.8. The second kappa shape index (κ2) is 9.31. The van der Waals surface area contributed by atoms with Gasteiger partial charge in [-0.3, -0.25) is 4.79 Å². The molecule has 8 heteroatoms. The fraction of sp³-hybridized carbons (Fsp3) is 0.304. The van der Waals surface area contributed by atoms with Crippen LogP contribution in [0.1, 0.15) is 12.0 Å². The molecule has 0 atom stereocenters. The largest absolute Gasteiger partial charge is 0.493 e. The summed E-state index contributed by atoms with van der Waals surface area (Å²) in [6, 6.07) is 11.5. The van der Waals surface area contributed by atoms with Crippen molar-refractivity contribution >= 4 is 40.6 Å². The van der Waals surface area contributed by atoms with Gasteiger partial charge < -0.3 is 24.3 Å². The summed E-state index contributed by atoms with van der Waals surface area (Å²) >= 11 is 6.25. The predicted octanol–water partition coefficient (Wildman–Crippen LogP) is 3.99. The van der Waals surface area contributed by atoms with Crippen molar-refractivity contribution in [1.29, 1.82) is 0 Å². The van der Waals surface area contributed by atoms with Crippen LogP contribution in [0.5, 0.6) is 11.5 Å². The first-order valence-corrected chi connectivity index (χ1v) is 10.5. The topological polar surface area (TPSA) is 70.7 Å². The van der Waals surface area contributed by atoms with Crippen molar-refractivity contribution in [3.8, 4) is 11.5 Å². The van der Waals surface area contributed by atoms with E-state index in [1.54, 1.807) is 31.4 Å². The van der Waals surface area contributed by atoms with E-state index >= 15 is 0 Å². The first kappa shape index (κ1) is 21.1. The Morgan fingerprint density at radius 3 is 2.74 bits per heavy atom. The van der Waals surface area contributed by atoms with Gasteiger partial charge in [-0.1, -0.05) is 23.7 Å². The third kappa shape index (κ3) is 4.61. The molecule has 3 aromatic rings. The third-order valence-corrected chi connectivity index (χ3v) is 5.64. The first-order chi connectivity index (χ1) is 15.1. The highest BCUT2D eigenvalue weighted by Gasteiger charge is 2.20. The highest BCUT2D eigenvalue weighted by molar-refractivity contribution is 6.32. The SMILES string of the molecule is COc1cc(/C=C/C(=O)N2CCCN(c3nc4ccccc4[nH]3)CC2)cc(Cl)c1OC. The number of imidazole rings is 1. The minimum absolute atomic E-state index is 0.0302. The maximum Gasteiger partial charge on any atom is 0.246 e. The number of hydrogen-bond acceptors (Lipinski definition) is 5. The number of carbonyl (C=O) groups is 1. The molecule has 0 bridgehead atoms. The molecule has 2 aromatic carbocycles. The number of methoxy groups -OCH3 is 2. The number of para-hydroxylation sites is 2. The van der Waals surface area contributed by atoms with Gasteiger partial charge in [-0.15, -0.1) is 0 Å². The van der Waals surface area contributed by atoms with Crippen molar-refractivity contribution in [3.63, 3.8) is 0 Å². The Labute approximate surface area is 186 Å². The number of H-pyrrole nitrogens is 1. The van der Waals surface area contributed by atoms with Crippen molar-refractivity contribution in [1.82, 2.24) is 14.9 Å². The van der Waals surface area contributed by atoms with Crippen molar-refractivity contribution in [2.45, 2.75) is 6.42 Å². The van der Waals surface area contributed by atoms with E-state index in [9.17, 15) is 4.79 Å². The molecule has 0 spiro atoms. The summed E-state index contributed by atoms with van der Waals surface area (Å²) in [7, 11) is 3.09. The van der Waals surface area contributed by atoms with Gasteiger partial charge in [0.15, 0.2) is 11.5 Å². The molecule has 1 aromatic heterocycles. The zero-order valence-corrected chi connectivity index (χ0v) is 18.4. The van der Waals surface area contributed by atoms with Gasteiger partial charge in [-0.05, 0) is 42.3 Å². The van der Waals surface area contributed by atoms with Crippen LogP contribution >= 0.6 is 11.6 Å². The van der Waals surface area contributed by atoms with E-state index in [2.05, 4.69) is 14.9 Å². The second-order valence-electron chi connectivity index (χ2n) is 7.32. The molecule has 1 N–H and O–H groups in total. The highest BCUT2D eigenvalue weighted by atomic mass is 35.5. The Kier molecular flexibility index (Phi) is 6.32. The van der Waals surface area contributed by atoms with Crippen LogP contribution in [0, 0.1) is 0 Å². The minimum Gasteiger partial charge on any atom is -0.493 e. The van der Waals surface area contributed by atoms with E-state index in [0.29, 0.717) is 29.6 Å². The minimum atomic E-state index is -0.0302. The fourth-order valence-corrected chi connectivity index (χ4v) is 4.04. The van der Waals surface area contributed by atoms with E-state index in [1.165, 1.54) is 7.11 Å².